The minimum Gasteiger partial charge on any atom is -0.462 e. The second kappa shape index (κ2) is 9.54. The van der Waals surface area contributed by atoms with Gasteiger partial charge in [-0.15, -0.1) is 0 Å². The third-order valence-electron chi connectivity index (χ3n) is 11.2. The quantitative estimate of drug-likeness (QED) is 0.297. The van der Waals surface area contributed by atoms with Gasteiger partial charge < -0.3 is 4.74 Å². The van der Waals surface area contributed by atoms with Gasteiger partial charge in [0.1, 0.15) is 6.10 Å². The third-order valence-corrected chi connectivity index (χ3v) is 11.2. The van der Waals surface area contributed by atoms with Crippen LogP contribution in [0.15, 0.2) is 23.3 Å². The lowest BCUT2D eigenvalue weighted by atomic mass is 9.47. The van der Waals surface area contributed by atoms with Gasteiger partial charge in [0.05, 0.1) is 0 Å². The molecule has 0 aromatic rings. The minimum atomic E-state index is -0.118. The second-order valence-electron chi connectivity index (χ2n) is 13.0. The van der Waals surface area contributed by atoms with Crippen molar-refractivity contribution in [3.05, 3.63) is 23.3 Å². The summed E-state index contributed by atoms with van der Waals surface area (Å²) in [6, 6.07) is 0. The number of carbonyl (C=O) groups is 1. The van der Waals surface area contributed by atoms with Crippen LogP contribution in [0.1, 0.15) is 113 Å². The van der Waals surface area contributed by atoms with E-state index >= 15 is 0 Å². The number of ether oxygens (including phenoxy) is 1. The van der Waals surface area contributed by atoms with Crippen molar-refractivity contribution in [3.63, 3.8) is 0 Å². The fourth-order valence-corrected chi connectivity index (χ4v) is 9.30. The summed E-state index contributed by atoms with van der Waals surface area (Å²) in [5, 5.41) is 0. The number of hydrogen-bond donors (Lipinski definition) is 0. The van der Waals surface area contributed by atoms with Crippen molar-refractivity contribution in [3.8, 4) is 0 Å². The molecule has 0 heterocycles. The molecule has 0 aliphatic heterocycles. The Morgan fingerprint density at radius 3 is 2.55 bits per heavy atom. The monoisotopic (exact) mass is 454 g/mol. The number of rotatable bonds is 6. The maximum atomic E-state index is 11.5. The summed E-state index contributed by atoms with van der Waals surface area (Å²) < 4.78 is 5.63. The Bertz CT molecular complexity index is 791. The van der Waals surface area contributed by atoms with Gasteiger partial charge in [0.25, 0.3) is 0 Å². The molecule has 0 N–H and O–H groups in total. The number of carbonyl (C=O) groups excluding carboxylic acids is 1. The fraction of sp³-hybridized carbons (Fsp3) is 0.839. The highest BCUT2D eigenvalue weighted by atomic mass is 16.5. The smallest absolute Gasteiger partial charge is 0.302 e. The Morgan fingerprint density at radius 2 is 1.88 bits per heavy atom. The summed E-state index contributed by atoms with van der Waals surface area (Å²) in [5.74, 6) is 4.88. The molecule has 0 aromatic heterocycles. The molecule has 2 nitrogen and oxygen atoms in total. The third kappa shape index (κ3) is 4.50. The maximum Gasteiger partial charge on any atom is 0.302 e. The summed E-state index contributed by atoms with van der Waals surface area (Å²) >= 11 is 0. The van der Waals surface area contributed by atoms with Crippen LogP contribution in [0.3, 0.4) is 0 Å². The summed E-state index contributed by atoms with van der Waals surface area (Å²) in [6.07, 6.45) is 17.9. The van der Waals surface area contributed by atoms with Crippen molar-refractivity contribution in [2.75, 3.05) is 0 Å². The molecule has 2 heteroatoms. The van der Waals surface area contributed by atoms with E-state index in [-0.39, 0.29) is 12.1 Å². The van der Waals surface area contributed by atoms with Gasteiger partial charge in [-0.2, -0.15) is 0 Å². The predicted molar refractivity (Wildman–Crippen MR) is 138 cm³/mol. The second-order valence-corrected chi connectivity index (χ2v) is 13.0. The molecule has 4 rings (SSSR count). The molecule has 4 aliphatic carbocycles. The number of hydrogen-bond acceptors (Lipinski definition) is 2. The Balaban J connectivity index is 1.47. The molecule has 0 radical (unpaired) electrons. The molecule has 8 atom stereocenters. The highest BCUT2D eigenvalue weighted by molar-refractivity contribution is 5.66. The molecule has 0 bridgehead atoms. The molecular formula is C31H50O2. The lowest BCUT2D eigenvalue weighted by Crippen LogP contribution is -2.51. The Kier molecular flexibility index (Phi) is 7.24. The SMILES string of the molecule is C/C=C(\CCC(C)[C@H]1CCC2C3CC=C4C[C@@H](OC(C)=O)CCC4(C)C3CCC21C)C(C)C. The minimum absolute atomic E-state index is 0.108. The molecule has 0 spiro atoms. The van der Waals surface area contributed by atoms with Crippen LogP contribution in [0.4, 0.5) is 0 Å². The van der Waals surface area contributed by atoms with Crippen LogP contribution >= 0.6 is 0 Å². The van der Waals surface area contributed by atoms with Gasteiger partial charge in [-0.05, 0) is 111 Å². The maximum absolute atomic E-state index is 11.5. The van der Waals surface area contributed by atoms with E-state index in [0.717, 1.165) is 42.4 Å². The van der Waals surface area contributed by atoms with Gasteiger partial charge in [-0.3, -0.25) is 4.79 Å². The van der Waals surface area contributed by atoms with Crippen LogP contribution in [0, 0.1) is 46.3 Å². The highest BCUT2D eigenvalue weighted by Crippen LogP contribution is 2.67. The largest absolute Gasteiger partial charge is 0.462 e. The average Bonchev–Trinajstić information content (AvgIpc) is 3.11. The topological polar surface area (TPSA) is 26.3 Å². The summed E-state index contributed by atoms with van der Waals surface area (Å²) in [5.41, 5.74) is 4.13. The zero-order valence-electron chi connectivity index (χ0n) is 22.6. The zero-order valence-corrected chi connectivity index (χ0v) is 22.6. The lowest BCUT2D eigenvalue weighted by molar-refractivity contribution is -0.148. The molecule has 6 unspecified atom stereocenters. The molecule has 0 amide bonds. The van der Waals surface area contributed by atoms with Gasteiger partial charge >= 0.3 is 5.97 Å². The standard InChI is InChI=1S/C31H50O2/c1-8-23(20(2)3)10-9-21(4)27-13-14-28-26-12-11-24-19-25(33-22(5)32)15-17-30(24,6)29(26)16-18-31(27,28)7/h8,11,20-21,25-29H,9-10,12-19H2,1-7H3/b23-8+/t21?,25-,26?,27+,28?,29?,30?,31?/m0/s1. The average molecular weight is 455 g/mol. The van der Waals surface area contributed by atoms with E-state index in [1.165, 1.54) is 51.4 Å². The van der Waals surface area contributed by atoms with Crippen molar-refractivity contribution in [1.29, 1.82) is 0 Å². The normalized spacial score (nSPS) is 41.6. The molecule has 3 saturated carbocycles. The first-order valence-electron chi connectivity index (χ1n) is 14.1. The van der Waals surface area contributed by atoms with Crippen LogP contribution in [0.2, 0.25) is 0 Å². The lowest BCUT2D eigenvalue weighted by Gasteiger charge is -2.58. The van der Waals surface area contributed by atoms with Crippen molar-refractivity contribution in [2.24, 2.45) is 46.3 Å². The van der Waals surface area contributed by atoms with Gasteiger partial charge in [0.15, 0.2) is 0 Å². The predicted octanol–water partition coefficient (Wildman–Crippen LogP) is 8.52. The number of fused-ring (bicyclic) bond motifs is 5. The van der Waals surface area contributed by atoms with E-state index in [4.69, 9.17) is 4.74 Å². The van der Waals surface area contributed by atoms with Crippen LogP contribution in [0.25, 0.3) is 0 Å². The van der Waals surface area contributed by atoms with Crippen LogP contribution in [-0.4, -0.2) is 12.1 Å². The molecule has 3 fully saturated rings. The van der Waals surface area contributed by atoms with Crippen LogP contribution < -0.4 is 0 Å². The van der Waals surface area contributed by atoms with Crippen molar-refractivity contribution >= 4 is 5.97 Å². The molecule has 4 aliphatic rings. The summed E-state index contributed by atoms with van der Waals surface area (Å²) in [7, 11) is 0. The molecule has 0 saturated heterocycles. The summed E-state index contributed by atoms with van der Waals surface area (Å²) in [6.45, 7) is 16.3. The van der Waals surface area contributed by atoms with E-state index in [1.807, 2.05) is 0 Å². The molecule has 186 valence electrons. The number of allylic oxidation sites excluding steroid dienone is 3. The van der Waals surface area contributed by atoms with E-state index < -0.39 is 0 Å². The van der Waals surface area contributed by atoms with Crippen LogP contribution in [-0.2, 0) is 9.53 Å². The first-order chi connectivity index (χ1) is 15.6. The van der Waals surface area contributed by atoms with E-state index in [1.54, 1.807) is 18.1 Å². The van der Waals surface area contributed by atoms with E-state index in [0.29, 0.717) is 16.7 Å². The summed E-state index contributed by atoms with van der Waals surface area (Å²) in [4.78, 5) is 11.5. The first kappa shape index (κ1) is 25.1. The van der Waals surface area contributed by atoms with Gasteiger partial charge in [0.2, 0.25) is 0 Å². The number of esters is 1. The van der Waals surface area contributed by atoms with E-state index in [9.17, 15) is 4.79 Å². The molecular weight excluding hydrogens is 404 g/mol. The molecule has 33 heavy (non-hydrogen) atoms. The Labute approximate surface area is 204 Å². The first-order valence-corrected chi connectivity index (χ1v) is 14.1. The Hall–Kier alpha value is -1.05. The van der Waals surface area contributed by atoms with Crippen molar-refractivity contribution in [2.45, 2.75) is 119 Å². The van der Waals surface area contributed by atoms with Gasteiger partial charge in [-0.25, -0.2) is 0 Å². The van der Waals surface area contributed by atoms with Crippen molar-refractivity contribution < 1.29 is 9.53 Å². The highest BCUT2D eigenvalue weighted by Gasteiger charge is 2.59. The van der Waals surface area contributed by atoms with Crippen LogP contribution in [0.5, 0.6) is 0 Å². The van der Waals surface area contributed by atoms with Crippen molar-refractivity contribution in [1.82, 2.24) is 0 Å². The molecule has 0 aromatic carbocycles. The Morgan fingerprint density at radius 1 is 1.12 bits per heavy atom. The van der Waals surface area contributed by atoms with Gasteiger partial charge in [-0.1, -0.05) is 57.9 Å². The fourth-order valence-electron chi connectivity index (χ4n) is 9.30. The van der Waals surface area contributed by atoms with E-state index in [2.05, 4.69) is 53.7 Å². The zero-order chi connectivity index (χ0) is 24.0. The van der Waals surface area contributed by atoms with Gasteiger partial charge in [0, 0.05) is 13.3 Å².